The van der Waals surface area contributed by atoms with Crippen molar-refractivity contribution in [2.24, 2.45) is 0 Å². The molecule has 1 fully saturated rings. The number of hydrogen-bond acceptors (Lipinski definition) is 5. The third-order valence-electron chi connectivity index (χ3n) is 5.08. The van der Waals surface area contributed by atoms with Crippen molar-refractivity contribution in [3.8, 4) is 11.5 Å². The molecule has 0 saturated carbocycles. The molecule has 31 heavy (non-hydrogen) atoms. The molecule has 4 rings (SSSR count). The molecule has 0 bridgehead atoms. The number of nitrogens with one attached hydrogen (secondary N) is 1. The number of fused-ring (bicyclic) bond motifs is 1. The summed E-state index contributed by atoms with van der Waals surface area (Å²) in [6, 6.07) is 8.87. The molecular formula is C23H23ClN2O4S. The lowest BCUT2D eigenvalue weighted by Crippen LogP contribution is -2.37. The lowest BCUT2D eigenvalue weighted by Gasteiger charge is -2.26. The van der Waals surface area contributed by atoms with Crippen molar-refractivity contribution >= 4 is 46.9 Å². The van der Waals surface area contributed by atoms with Crippen LogP contribution in [0.3, 0.4) is 0 Å². The highest BCUT2D eigenvalue weighted by atomic mass is 35.5. The lowest BCUT2D eigenvalue weighted by atomic mass is 10.1. The fourth-order valence-electron chi connectivity index (χ4n) is 3.46. The summed E-state index contributed by atoms with van der Waals surface area (Å²) >= 11 is 8.10. The Morgan fingerprint density at radius 3 is 2.68 bits per heavy atom. The van der Waals surface area contributed by atoms with Gasteiger partial charge in [0.1, 0.15) is 13.2 Å². The van der Waals surface area contributed by atoms with Gasteiger partial charge in [-0.25, -0.2) is 0 Å². The van der Waals surface area contributed by atoms with Gasteiger partial charge in [-0.3, -0.25) is 9.59 Å². The highest BCUT2D eigenvalue weighted by Gasteiger charge is 2.19. The highest BCUT2D eigenvalue weighted by Crippen LogP contribution is 2.38. The highest BCUT2D eigenvalue weighted by molar-refractivity contribution is 7.99. The van der Waals surface area contributed by atoms with Crippen LogP contribution in [0.25, 0.3) is 6.08 Å². The number of rotatable bonds is 4. The van der Waals surface area contributed by atoms with Gasteiger partial charge in [0.05, 0.1) is 5.02 Å². The van der Waals surface area contributed by atoms with Crippen LogP contribution in [-0.2, 0) is 4.79 Å². The van der Waals surface area contributed by atoms with Gasteiger partial charge in [-0.05, 0) is 54.5 Å². The first kappa shape index (κ1) is 21.6. The summed E-state index contributed by atoms with van der Waals surface area (Å²) in [6.07, 6.45) is 3.10. The smallest absolute Gasteiger partial charge is 0.253 e. The van der Waals surface area contributed by atoms with Crippen molar-refractivity contribution in [3.05, 3.63) is 58.1 Å². The number of carbonyl (C=O) groups excluding carboxylic acids is 2. The molecule has 2 amide bonds. The molecular weight excluding hydrogens is 436 g/mol. The number of carbonyl (C=O) groups is 2. The fourth-order valence-corrected chi connectivity index (χ4v) is 4.64. The zero-order valence-corrected chi connectivity index (χ0v) is 18.7. The van der Waals surface area contributed by atoms with Crippen molar-refractivity contribution < 1.29 is 19.1 Å². The van der Waals surface area contributed by atoms with Gasteiger partial charge in [0.15, 0.2) is 11.5 Å². The summed E-state index contributed by atoms with van der Waals surface area (Å²) in [6.45, 7) is 4.35. The number of amides is 2. The molecule has 0 spiro atoms. The minimum Gasteiger partial charge on any atom is -0.486 e. The fraction of sp³-hybridized carbons (Fsp3) is 0.304. The van der Waals surface area contributed by atoms with Crippen LogP contribution in [0.2, 0.25) is 5.02 Å². The van der Waals surface area contributed by atoms with Gasteiger partial charge in [0.2, 0.25) is 5.91 Å². The van der Waals surface area contributed by atoms with Crippen LogP contribution in [0.1, 0.15) is 21.5 Å². The molecule has 6 nitrogen and oxygen atoms in total. The Labute approximate surface area is 190 Å². The number of benzene rings is 2. The molecule has 2 heterocycles. The molecule has 162 valence electrons. The summed E-state index contributed by atoms with van der Waals surface area (Å²) in [7, 11) is 0. The van der Waals surface area contributed by atoms with Gasteiger partial charge in [0, 0.05) is 41.9 Å². The summed E-state index contributed by atoms with van der Waals surface area (Å²) < 4.78 is 11.1. The quantitative estimate of drug-likeness (QED) is 0.693. The predicted molar refractivity (Wildman–Crippen MR) is 125 cm³/mol. The Morgan fingerprint density at radius 1 is 1.13 bits per heavy atom. The number of hydrogen-bond donors (Lipinski definition) is 1. The van der Waals surface area contributed by atoms with Gasteiger partial charge in [0.25, 0.3) is 5.91 Å². The van der Waals surface area contributed by atoms with E-state index in [1.807, 2.05) is 29.7 Å². The molecule has 0 unspecified atom stereocenters. The maximum Gasteiger partial charge on any atom is 0.253 e. The first-order chi connectivity index (χ1) is 15.0. The largest absolute Gasteiger partial charge is 0.486 e. The molecule has 8 heteroatoms. The summed E-state index contributed by atoms with van der Waals surface area (Å²) in [5.41, 5.74) is 2.88. The SMILES string of the molecule is Cc1cc(C(=O)N2CCSCC2)ccc1NC(=O)/C=C/c1cc(Cl)c2c(c1)OCCO2. The molecule has 1 N–H and O–H groups in total. The van der Waals surface area contributed by atoms with E-state index in [9.17, 15) is 9.59 Å². The van der Waals surface area contributed by atoms with Crippen molar-refractivity contribution in [3.63, 3.8) is 0 Å². The second-order valence-corrected chi connectivity index (χ2v) is 8.92. The Morgan fingerprint density at radius 2 is 1.90 bits per heavy atom. The van der Waals surface area contributed by atoms with E-state index >= 15 is 0 Å². The minimum atomic E-state index is -0.277. The summed E-state index contributed by atoms with van der Waals surface area (Å²) in [4.78, 5) is 27.0. The third-order valence-corrected chi connectivity index (χ3v) is 6.30. The first-order valence-electron chi connectivity index (χ1n) is 10.1. The van der Waals surface area contributed by atoms with Crippen molar-refractivity contribution in [1.82, 2.24) is 4.90 Å². The van der Waals surface area contributed by atoms with Crippen LogP contribution in [0.15, 0.2) is 36.4 Å². The number of thioether (sulfide) groups is 1. The van der Waals surface area contributed by atoms with E-state index in [0.29, 0.717) is 41.0 Å². The van der Waals surface area contributed by atoms with E-state index in [1.165, 1.54) is 6.08 Å². The van der Waals surface area contributed by atoms with Crippen LogP contribution in [0, 0.1) is 6.92 Å². The van der Waals surface area contributed by atoms with Gasteiger partial charge >= 0.3 is 0 Å². The molecule has 0 radical (unpaired) electrons. The number of ether oxygens (including phenoxy) is 2. The molecule has 2 aliphatic heterocycles. The average Bonchev–Trinajstić information content (AvgIpc) is 2.79. The summed E-state index contributed by atoms with van der Waals surface area (Å²) in [5.74, 6) is 2.81. The van der Waals surface area contributed by atoms with E-state index in [1.54, 1.807) is 30.3 Å². The molecule has 0 aromatic heterocycles. The molecule has 2 aromatic carbocycles. The average molecular weight is 459 g/mol. The number of nitrogens with zero attached hydrogens (tertiary/aromatic N) is 1. The van der Waals surface area contributed by atoms with Gasteiger partial charge in [-0.15, -0.1) is 0 Å². The maximum absolute atomic E-state index is 12.7. The van der Waals surface area contributed by atoms with Crippen molar-refractivity contribution in [2.75, 3.05) is 43.1 Å². The lowest BCUT2D eigenvalue weighted by molar-refractivity contribution is -0.111. The van der Waals surface area contributed by atoms with E-state index < -0.39 is 0 Å². The topological polar surface area (TPSA) is 67.9 Å². The molecule has 2 aromatic rings. The van der Waals surface area contributed by atoms with Crippen LogP contribution in [0.4, 0.5) is 5.69 Å². The van der Waals surface area contributed by atoms with Gasteiger partial charge in [-0.1, -0.05) is 11.6 Å². The number of aryl methyl sites for hydroxylation is 1. The van der Waals surface area contributed by atoms with E-state index in [-0.39, 0.29) is 11.8 Å². The minimum absolute atomic E-state index is 0.0386. The van der Waals surface area contributed by atoms with Crippen molar-refractivity contribution in [2.45, 2.75) is 6.92 Å². The Kier molecular flexibility index (Phi) is 6.73. The van der Waals surface area contributed by atoms with E-state index in [4.69, 9.17) is 21.1 Å². The van der Waals surface area contributed by atoms with E-state index in [0.717, 1.165) is 35.7 Å². The monoisotopic (exact) mass is 458 g/mol. The van der Waals surface area contributed by atoms with Gasteiger partial charge < -0.3 is 19.7 Å². The molecule has 2 aliphatic rings. The zero-order valence-electron chi connectivity index (χ0n) is 17.2. The Hall–Kier alpha value is -2.64. The van der Waals surface area contributed by atoms with Crippen LogP contribution in [-0.4, -0.2) is 54.5 Å². The molecule has 0 aliphatic carbocycles. The standard InChI is InChI=1S/C23H23ClN2O4S/c1-15-12-17(23(28)26-6-10-31-11-7-26)3-4-19(15)25-21(27)5-2-16-13-18(24)22-20(14-16)29-8-9-30-22/h2-5,12-14H,6-11H2,1H3,(H,25,27)/b5-2+. The molecule has 0 atom stereocenters. The van der Waals surface area contributed by atoms with Crippen LogP contribution >= 0.6 is 23.4 Å². The zero-order chi connectivity index (χ0) is 21.8. The maximum atomic E-state index is 12.7. The van der Waals surface area contributed by atoms with Crippen LogP contribution < -0.4 is 14.8 Å². The number of anilines is 1. The number of halogens is 1. The van der Waals surface area contributed by atoms with Crippen LogP contribution in [0.5, 0.6) is 11.5 Å². The summed E-state index contributed by atoms with van der Waals surface area (Å²) in [5, 5.41) is 3.31. The second kappa shape index (κ2) is 9.66. The predicted octanol–water partition coefficient (Wildman–Crippen LogP) is 4.26. The van der Waals surface area contributed by atoms with Gasteiger partial charge in [-0.2, -0.15) is 11.8 Å². The molecule has 1 saturated heterocycles. The Balaban J connectivity index is 1.41. The Bertz CT molecular complexity index is 1030. The third kappa shape index (κ3) is 5.17. The van der Waals surface area contributed by atoms with E-state index in [2.05, 4.69) is 5.32 Å². The first-order valence-corrected chi connectivity index (χ1v) is 11.6. The van der Waals surface area contributed by atoms with Crippen molar-refractivity contribution in [1.29, 1.82) is 0 Å². The second-order valence-electron chi connectivity index (χ2n) is 7.28. The normalized spacial score (nSPS) is 15.7.